The van der Waals surface area contributed by atoms with Crippen molar-refractivity contribution in [1.29, 1.82) is 0 Å². The lowest BCUT2D eigenvalue weighted by Crippen LogP contribution is -3.12. The zero-order valence-corrected chi connectivity index (χ0v) is 13.8. The predicted molar refractivity (Wildman–Crippen MR) is 83.1 cm³/mol. The second kappa shape index (κ2) is 7.66. The Bertz CT molecular complexity index is 693. The maximum atomic E-state index is 12.4. The molecule has 0 bridgehead atoms. The number of hydrogen-bond acceptors (Lipinski definition) is 5. The SMILES string of the molecule is CCC[NH+](CCC)CCNS(=O)(=O)c1cccc2nonc12. The molecule has 8 heteroatoms. The van der Waals surface area contributed by atoms with Gasteiger partial charge in [0.05, 0.1) is 26.2 Å². The molecule has 0 aliphatic carbocycles. The van der Waals surface area contributed by atoms with Gasteiger partial charge in [0.25, 0.3) is 0 Å². The lowest BCUT2D eigenvalue weighted by Gasteiger charge is -2.18. The van der Waals surface area contributed by atoms with E-state index in [9.17, 15) is 8.42 Å². The van der Waals surface area contributed by atoms with Crippen molar-refractivity contribution in [2.75, 3.05) is 26.2 Å². The van der Waals surface area contributed by atoms with Crippen molar-refractivity contribution < 1.29 is 17.9 Å². The van der Waals surface area contributed by atoms with Gasteiger partial charge in [-0.15, -0.1) is 0 Å². The molecule has 0 radical (unpaired) electrons. The van der Waals surface area contributed by atoms with Gasteiger partial charge >= 0.3 is 0 Å². The summed E-state index contributed by atoms with van der Waals surface area (Å²) in [6.07, 6.45) is 2.18. The Hall–Kier alpha value is -1.51. The van der Waals surface area contributed by atoms with Crippen molar-refractivity contribution >= 4 is 21.1 Å². The molecule has 1 heterocycles. The highest BCUT2D eigenvalue weighted by molar-refractivity contribution is 7.89. The lowest BCUT2D eigenvalue weighted by molar-refractivity contribution is -0.898. The molecule has 0 fully saturated rings. The first-order valence-corrected chi connectivity index (χ1v) is 9.11. The first kappa shape index (κ1) is 16.9. The Labute approximate surface area is 130 Å². The summed E-state index contributed by atoms with van der Waals surface area (Å²) in [6.45, 7) is 7.56. The number of hydrogen-bond donors (Lipinski definition) is 2. The molecule has 1 aromatic heterocycles. The molecule has 0 atom stereocenters. The molecule has 0 saturated carbocycles. The summed E-state index contributed by atoms with van der Waals surface area (Å²) in [5.74, 6) is 0. The second-order valence-electron chi connectivity index (χ2n) is 5.29. The van der Waals surface area contributed by atoms with E-state index in [0.29, 0.717) is 12.1 Å². The summed E-state index contributed by atoms with van der Waals surface area (Å²) < 4.78 is 32.1. The molecule has 0 spiro atoms. The molecule has 0 unspecified atom stereocenters. The van der Waals surface area contributed by atoms with Crippen molar-refractivity contribution in [2.45, 2.75) is 31.6 Å². The number of aromatic nitrogens is 2. The van der Waals surface area contributed by atoms with Crippen molar-refractivity contribution in [2.24, 2.45) is 0 Å². The summed E-state index contributed by atoms with van der Waals surface area (Å²) in [5, 5.41) is 7.34. The van der Waals surface area contributed by atoms with Crippen molar-refractivity contribution in [3.8, 4) is 0 Å². The molecule has 0 amide bonds. The predicted octanol–water partition coefficient (Wildman–Crippen LogP) is 0.206. The van der Waals surface area contributed by atoms with Crippen LogP contribution in [0.1, 0.15) is 26.7 Å². The number of nitrogens with one attached hydrogen (secondary N) is 2. The lowest BCUT2D eigenvalue weighted by atomic mass is 10.3. The van der Waals surface area contributed by atoms with Crippen LogP contribution in [0.25, 0.3) is 11.0 Å². The van der Waals surface area contributed by atoms with Gasteiger partial charge in [0.15, 0.2) is 5.52 Å². The van der Waals surface area contributed by atoms with E-state index in [4.69, 9.17) is 0 Å². The Morgan fingerprint density at radius 2 is 1.86 bits per heavy atom. The molecule has 0 saturated heterocycles. The molecule has 2 N–H and O–H groups in total. The third-order valence-electron chi connectivity index (χ3n) is 3.52. The monoisotopic (exact) mass is 327 g/mol. The summed E-state index contributed by atoms with van der Waals surface area (Å²) in [4.78, 5) is 1.52. The quantitative estimate of drug-likeness (QED) is 0.687. The number of nitrogens with zero attached hydrogens (tertiary/aromatic N) is 2. The van der Waals surface area contributed by atoms with Crippen LogP contribution in [-0.4, -0.2) is 44.9 Å². The van der Waals surface area contributed by atoms with Gasteiger partial charge in [-0.1, -0.05) is 19.9 Å². The summed E-state index contributed by atoms with van der Waals surface area (Å²) in [6, 6.07) is 4.81. The van der Waals surface area contributed by atoms with E-state index in [1.165, 1.54) is 11.0 Å². The van der Waals surface area contributed by atoms with Gasteiger partial charge in [-0.05, 0) is 35.3 Å². The normalized spacial score (nSPS) is 12.3. The minimum Gasteiger partial charge on any atom is -0.334 e. The smallest absolute Gasteiger partial charge is 0.243 e. The highest BCUT2D eigenvalue weighted by Gasteiger charge is 2.20. The third-order valence-corrected chi connectivity index (χ3v) is 5.01. The standard InChI is InChI=1S/C14H22N4O3S/c1-3-9-18(10-4-2)11-8-15-22(19,20)13-7-5-6-12-14(13)17-21-16-12/h5-7,15H,3-4,8-11H2,1-2H3/p+1. The molecular weight excluding hydrogens is 304 g/mol. The highest BCUT2D eigenvalue weighted by atomic mass is 32.2. The topological polar surface area (TPSA) is 89.5 Å². The Morgan fingerprint density at radius 3 is 2.55 bits per heavy atom. The minimum absolute atomic E-state index is 0.110. The van der Waals surface area contributed by atoms with Crippen molar-refractivity contribution in [3.63, 3.8) is 0 Å². The number of quaternary nitrogens is 1. The maximum Gasteiger partial charge on any atom is 0.243 e. The van der Waals surface area contributed by atoms with Crippen molar-refractivity contribution in [1.82, 2.24) is 15.0 Å². The fraction of sp³-hybridized carbons (Fsp3) is 0.571. The maximum absolute atomic E-state index is 12.4. The van der Waals surface area contributed by atoms with E-state index >= 15 is 0 Å². The van der Waals surface area contributed by atoms with Crippen LogP contribution in [-0.2, 0) is 10.0 Å². The molecule has 2 aromatic rings. The number of rotatable bonds is 9. The number of fused-ring (bicyclic) bond motifs is 1. The minimum atomic E-state index is -3.61. The van der Waals surface area contributed by atoms with Crippen LogP contribution in [0.2, 0.25) is 0 Å². The van der Waals surface area contributed by atoms with Crippen LogP contribution in [0.4, 0.5) is 0 Å². The van der Waals surface area contributed by atoms with Crippen molar-refractivity contribution in [3.05, 3.63) is 18.2 Å². The molecule has 1 aromatic carbocycles. The zero-order chi connectivity index (χ0) is 16.0. The number of sulfonamides is 1. The average molecular weight is 327 g/mol. The number of benzene rings is 1. The Kier molecular flexibility index (Phi) is 5.87. The summed E-state index contributed by atoms with van der Waals surface area (Å²) in [5.41, 5.74) is 0.702. The van der Waals surface area contributed by atoms with E-state index in [1.807, 2.05) is 0 Å². The van der Waals surface area contributed by atoms with E-state index in [2.05, 4.69) is 33.5 Å². The molecule has 7 nitrogen and oxygen atoms in total. The molecular formula is C14H23N4O3S+. The summed E-state index contributed by atoms with van der Waals surface area (Å²) in [7, 11) is -3.61. The van der Waals surface area contributed by atoms with Gasteiger partial charge in [-0.3, -0.25) is 0 Å². The van der Waals surface area contributed by atoms with Gasteiger partial charge < -0.3 is 4.90 Å². The first-order chi connectivity index (χ1) is 10.6. The second-order valence-corrected chi connectivity index (χ2v) is 7.02. The van der Waals surface area contributed by atoms with Crippen LogP contribution >= 0.6 is 0 Å². The summed E-state index contributed by atoms with van der Waals surface area (Å²) >= 11 is 0. The van der Waals surface area contributed by atoms with Gasteiger partial charge in [-0.25, -0.2) is 17.8 Å². The van der Waals surface area contributed by atoms with E-state index in [-0.39, 0.29) is 10.4 Å². The molecule has 0 aliphatic heterocycles. The Balaban J connectivity index is 2.04. The first-order valence-electron chi connectivity index (χ1n) is 7.63. The van der Waals surface area contributed by atoms with E-state index in [1.54, 1.807) is 12.1 Å². The molecule has 2 rings (SSSR count). The fourth-order valence-electron chi connectivity index (χ4n) is 2.52. The molecule has 0 aliphatic rings. The average Bonchev–Trinajstić information content (AvgIpc) is 2.95. The van der Waals surface area contributed by atoms with E-state index in [0.717, 1.165) is 32.5 Å². The van der Waals surface area contributed by atoms with E-state index < -0.39 is 10.0 Å². The largest absolute Gasteiger partial charge is 0.334 e. The van der Waals surface area contributed by atoms with Crippen LogP contribution in [0.5, 0.6) is 0 Å². The fourth-order valence-corrected chi connectivity index (χ4v) is 3.70. The van der Waals surface area contributed by atoms with Crippen LogP contribution < -0.4 is 9.62 Å². The van der Waals surface area contributed by atoms with Crippen LogP contribution in [0.3, 0.4) is 0 Å². The van der Waals surface area contributed by atoms with Gasteiger partial charge in [0.1, 0.15) is 10.4 Å². The van der Waals surface area contributed by atoms with Gasteiger partial charge in [0, 0.05) is 0 Å². The molecule has 122 valence electrons. The van der Waals surface area contributed by atoms with Crippen LogP contribution in [0.15, 0.2) is 27.7 Å². The van der Waals surface area contributed by atoms with Crippen LogP contribution in [0, 0.1) is 0 Å². The molecule has 22 heavy (non-hydrogen) atoms. The van der Waals surface area contributed by atoms with Gasteiger partial charge in [-0.2, -0.15) is 0 Å². The Morgan fingerprint density at radius 1 is 1.14 bits per heavy atom. The third kappa shape index (κ3) is 4.02. The zero-order valence-electron chi connectivity index (χ0n) is 13.0. The van der Waals surface area contributed by atoms with Gasteiger partial charge in [0.2, 0.25) is 10.0 Å². The highest BCUT2D eigenvalue weighted by Crippen LogP contribution is 2.18.